The largest absolute Gasteiger partial charge is 0.465 e. The van der Waals surface area contributed by atoms with E-state index in [-0.39, 0.29) is 16.5 Å². The number of thiophene rings is 1. The number of carbonyl (C=O) groups is 2. The monoisotopic (exact) mass is 321 g/mol. The maximum atomic E-state index is 11.8. The highest BCUT2D eigenvalue weighted by Crippen LogP contribution is 2.24. The molecule has 0 saturated heterocycles. The van der Waals surface area contributed by atoms with E-state index in [0.717, 1.165) is 11.3 Å². The maximum absolute atomic E-state index is 11.8. The Kier molecular flexibility index (Phi) is 4.84. The van der Waals surface area contributed by atoms with E-state index in [4.69, 9.17) is 4.74 Å². The molecular formula is C14H11NO6S. The van der Waals surface area contributed by atoms with Crippen molar-refractivity contribution in [2.45, 2.75) is 6.61 Å². The van der Waals surface area contributed by atoms with Gasteiger partial charge in [-0.3, -0.25) is 10.1 Å². The third-order valence-corrected chi connectivity index (χ3v) is 3.71. The Morgan fingerprint density at radius 1 is 1.23 bits per heavy atom. The topological polar surface area (TPSA) is 95.7 Å². The summed E-state index contributed by atoms with van der Waals surface area (Å²) in [5, 5.41) is 10.4. The van der Waals surface area contributed by atoms with Crippen LogP contribution >= 0.6 is 11.3 Å². The number of nitrogens with zero attached hydrogens (tertiary/aromatic N) is 1. The number of benzene rings is 1. The molecule has 0 fully saturated rings. The van der Waals surface area contributed by atoms with Gasteiger partial charge in [-0.25, -0.2) is 9.59 Å². The molecule has 114 valence electrons. The van der Waals surface area contributed by atoms with Gasteiger partial charge < -0.3 is 9.47 Å². The lowest BCUT2D eigenvalue weighted by molar-refractivity contribution is -0.380. The summed E-state index contributed by atoms with van der Waals surface area (Å²) in [5.74, 6) is -1.14. The first-order valence-electron chi connectivity index (χ1n) is 6.10. The van der Waals surface area contributed by atoms with Crippen LogP contribution in [0, 0.1) is 10.1 Å². The van der Waals surface area contributed by atoms with Crippen LogP contribution in [0.5, 0.6) is 0 Å². The zero-order valence-electron chi connectivity index (χ0n) is 11.5. The van der Waals surface area contributed by atoms with Gasteiger partial charge in [0.05, 0.1) is 17.6 Å². The summed E-state index contributed by atoms with van der Waals surface area (Å²) in [6.07, 6.45) is 0. The molecule has 0 spiro atoms. The van der Waals surface area contributed by atoms with Crippen LogP contribution in [-0.4, -0.2) is 24.0 Å². The summed E-state index contributed by atoms with van der Waals surface area (Å²) in [6.45, 7) is -0.0463. The first-order valence-corrected chi connectivity index (χ1v) is 6.91. The van der Waals surface area contributed by atoms with Crippen molar-refractivity contribution in [3.63, 3.8) is 0 Å². The van der Waals surface area contributed by atoms with E-state index < -0.39 is 16.9 Å². The van der Waals surface area contributed by atoms with Crippen LogP contribution in [0.25, 0.3) is 0 Å². The first kappa shape index (κ1) is 15.6. The van der Waals surface area contributed by atoms with E-state index in [9.17, 15) is 19.7 Å². The van der Waals surface area contributed by atoms with Crippen molar-refractivity contribution in [2.24, 2.45) is 0 Å². The highest BCUT2D eigenvalue weighted by atomic mass is 32.1. The summed E-state index contributed by atoms with van der Waals surface area (Å²) in [6, 6.07) is 9.06. The number of rotatable bonds is 5. The van der Waals surface area contributed by atoms with E-state index in [1.807, 2.05) is 0 Å². The molecule has 8 heteroatoms. The molecule has 0 radical (unpaired) electrons. The number of esters is 2. The van der Waals surface area contributed by atoms with Crippen molar-refractivity contribution in [3.05, 3.63) is 62.5 Å². The molecule has 1 aromatic carbocycles. The minimum absolute atomic E-state index is 0.0463. The second-order valence-corrected chi connectivity index (χ2v) is 5.23. The van der Waals surface area contributed by atoms with Gasteiger partial charge in [0.15, 0.2) is 0 Å². The third-order valence-electron chi connectivity index (χ3n) is 2.69. The van der Waals surface area contributed by atoms with Crippen molar-refractivity contribution in [1.82, 2.24) is 0 Å². The van der Waals surface area contributed by atoms with Crippen LogP contribution in [0.15, 0.2) is 36.4 Å². The predicted octanol–water partition coefficient (Wildman–Crippen LogP) is 2.80. The quantitative estimate of drug-likeness (QED) is 0.477. The molecule has 0 aliphatic heterocycles. The van der Waals surface area contributed by atoms with Gasteiger partial charge in [-0.05, 0) is 23.8 Å². The number of carbonyl (C=O) groups excluding carboxylic acids is 2. The fourth-order valence-corrected chi connectivity index (χ4v) is 2.38. The van der Waals surface area contributed by atoms with E-state index in [0.29, 0.717) is 11.1 Å². The van der Waals surface area contributed by atoms with Gasteiger partial charge in [0.25, 0.3) is 0 Å². The van der Waals surface area contributed by atoms with Crippen molar-refractivity contribution in [3.8, 4) is 0 Å². The summed E-state index contributed by atoms with van der Waals surface area (Å²) >= 11 is 0.748. The van der Waals surface area contributed by atoms with Crippen molar-refractivity contribution >= 4 is 28.3 Å². The lowest BCUT2D eigenvalue weighted by Gasteiger charge is -2.05. The Hall–Kier alpha value is -2.74. The zero-order chi connectivity index (χ0) is 16.1. The van der Waals surface area contributed by atoms with Gasteiger partial charge in [0, 0.05) is 6.07 Å². The SMILES string of the molecule is COC(=O)c1cccc(COC(=O)c2ccc([N+](=O)[O-])s2)c1. The molecule has 22 heavy (non-hydrogen) atoms. The molecular weight excluding hydrogens is 310 g/mol. The van der Waals surface area contributed by atoms with Gasteiger partial charge in [0.2, 0.25) is 0 Å². The standard InChI is InChI=1S/C14H11NO6S/c1-20-13(16)10-4-2-3-9(7-10)8-21-14(17)11-5-6-12(22-11)15(18)19/h2-7H,8H2,1H3. The fourth-order valence-electron chi connectivity index (χ4n) is 1.66. The first-order chi connectivity index (χ1) is 10.5. The molecule has 2 aromatic rings. The molecule has 0 N–H and O–H groups in total. The highest BCUT2D eigenvalue weighted by Gasteiger charge is 2.16. The van der Waals surface area contributed by atoms with Gasteiger partial charge in [0.1, 0.15) is 11.5 Å². The van der Waals surface area contributed by atoms with Crippen LogP contribution in [0.4, 0.5) is 5.00 Å². The third kappa shape index (κ3) is 3.67. The second-order valence-electron chi connectivity index (χ2n) is 4.16. The van der Waals surface area contributed by atoms with Crippen LogP contribution in [0.3, 0.4) is 0 Å². The zero-order valence-corrected chi connectivity index (χ0v) is 12.3. The minimum atomic E-state index is -0.651. The molecule has 0 saturated carbocycles. The summed E-state index contributed by atoms with van der Waals surface area (Å²) < 4.78 is 9.67. The van der Waals surface area contributed by atoms with Crippen molar-refractivity contribution in [1.29, 1.82) is 0 Å². The Morgan fingerprint density at radius 3 is 2.64 bits per heavy atom. The van der Waals surface area contributed by atoms with Crippen LogP contribution in [0.2, 0.25) is 0 Å². The number of nitro groups is 1. The molecule has 7 nitrogen and oxygen atoms in total. The Labute approximate surface area is 129 Å². The van der Waals surface area contributed by atoms with Crippen LogP contribution in [0.1, 0.15) is 25.6 Å². The van der Waals surface area contributed by atoms with E-state index >= 15 is 0 Å². The molecule has 0 unspecified atom stereocenters. The predicted molar refractivity (Wildman–Crippen MR) is 77.9 cm³/mol. The lowest BCUT2D eigenvalue weighted by Crippen LogP contribution is -2.05. The van der Waals surface area contributed by atoms with Crippen molar-refractivity contribution in [2.75, 3.05) is 7.11 Å². The molecule has 0 aliphatic carbocycles. The van der Waals surface area contributed by atoms with Gasteiger partial charge >= 0.3 is 16.9 Å². The van der Waals surface area contributed by atoms with Gasteiger partial charge in [-0.15, -0.1) is 0 Å². The number of hydrogen-bond acceptors (Lipinski definition) is 7. The van der Waals surface area contributed by atoms with Gasteiger partial charge in [-0.1, -0.05) is 23.5 Å². The smallest absolute Gasteiger partial charge is 0.348 e. The number of methoxy groups -OCH3 is 1. The Bertz CT molecular complexity index is 724. The molecule has 0 amide bonds. The minimum Gasteiger partial charge on any atom is -0.465 e. The van der Waals surface area contributed by atoms with Crippen LogP contribution < -0.4 is 0 Å². The lowest BCUT2D eigenvalue weighted by atomic mass is 10.1. The number of ether oxygens (including phenoxy) is 2. The van der Waals surface area contributed by atoms with E-state index in [1.54, 1.807) is 24.3 Å². The van der Waals surface area contributed by atoms with E-state index in [1.165, 1.54) is 19.2 Å². The summed E-state index contributed by atoms with van der Waals surface area (Å²) in [5.41, 5.74) is 0.963. The molecule has 0 aliphatic rings. The molecule has 0 bridgehead atoms. The average Bonchev–Trinajstić information content (AvgIpc) is 3.02. The average molecular weight is 321 g/mol. The van der Waals surface area contributed by atoms with Crippen LogP contribution in [-0.2, 0) is 16.1 Å². The molecule has 0 atom stereocenters. The fraction of sp³-hybridized carbons (Fsp3) is 0.143. The van der Waals surface area contributed by atoms with Gasteiger partial charge in [-0.2, -0.15) is 0 Å². The second kappa shape index (κ2) is 6.81. The molecule has 2 rings (SSSR count). The van der Waals surface area contributed by atoms with Crippen molar-refractivity contribution < 1.29 is 24.0 Å². The summed E-state index contributed by atoms with van der Waals surface area (Å²) in [4.78, 5) is 33.3. The normalized spacial score (nSPS) is 10.0. The molecule has 1 heterocycles. The Morgan fingerprint density at radius 2 is 2.00 bits per heavy atom. The highest BCUT2D eigenvalue weighted by molar-refractivity contribution is 7.17. The van der Waals surface area contributed by atoms with E-state index in [2.05, 4.69) is 4.74 Å². The molecule has 1 aromatic heterocycles. The number of hydrogen-bond donors (Lipinski definition) is 0. The summed E-state index contributed by atoms with van der Waals surface area (Å²) in [7, 11) is 1.28. The maximum Gasteiger partial charge on any atom is 0.348 e. The Balaban J connectivity index is 2.01.